The number of carboxylic acid groups (broad SMARTS) is 1. The molecule has 1 unspecified atom stereocenters. The van der Waals surface area contributed by atoms with E-state index in [1.165, 1.54) is 12.1 Å². The van der Waals surface area contributed by atoms with Gasteiger partial charge in [-0.2, -0.15) is 0 Å². The SMILES string of the molecule is O=C(O)C(Cc1ccccc1)Nc1c(OCC2=CCCC=C2)c(=O)[nH]c2ccc(O)cc12. The molecular weight excluding hydrogens is 408 g/mol. The highest BCUT2D eigenvalue weighted by Gasteiger charge is 2.23. The average Bonchev–Trinajstić information content (AvgIpc) is 2.80. The van der Waals surface area contributed by atoms with E-state index < -0.39 is 17.6 Å². The number of phenolic OH excluding ortho intramolecular Hbond substituents is 1. The number of benzene rings is 2. The molecule has 3 aromatic rings. The number of aromatic hydroxyl groups is 1. The van der Waals surface area contributed by atoms with Crippen LogP contribution in [-0.4, -0.2) is 33.8 Å². The largest absolute Gasteiger partial charge is 0.508 e. The lowest BCUT2D eigenvalue weighted by Gasteiger charge is -2.20. The molecule has 0 fully saturated rings. The molecule has 1 heterocycles. The molecule has 1 aliphatic rings. The summed E-state index contributed by atoms with van der Waals surface area (Å²) in [5, 5.41) is 23.4. The number of anilines is 1. The fraction of sp³-hybridized carbons (Fsp3) is 0.200. The van der Waals surface area contributed by atoms with E-state index in [4.69, 9.17) is 4.74 Å². The second-order valence-corrected chi connectivity index (χ2v) is 7.66. The third kappa shape index (κ3) is 4.83. The van der Waals surface area contributed by atoms with Crippen molar-refractivity contribution in [3.63, 3.8) is 0 Å². The third-order valence-electron chi connectivity index (χ3n) is 5.31. The van der Waals surface area contributed by atoms with Gasteiger partial charge in [-0.3, -0.25) is 4.79 Å². The molecule has 0 saturated carbocycles. The molecule has 164 valence electrons. The van der Waals surface area contributed by atoms with Crippen molar-refractivity contribution in [2.45, 2.75) is 25.3 Å². The number of aromatic nitrogens is 1. The lowest BCUT2D eigenvalue weighted by molar-refractivity contribution is -0.137. The number of allylic oxidation sites excluding steroid dienone is 2. The van der Waals surface area contributed by atoms with Crippen molar-refractivity contribution in [3.8, 4) is 11.5 Å². The molecule has 32 heavy (non-hydrogen) atoms. The van der Waals surface area contributed by atoms with Crippen LogP contribution in [0.4, 0.5) is 5.69 Å². The van der Waals surface area contributed by atoms with Crippen LogP contribution in [0.1, 0.15) is 18.4 Å². The van der Waals surface area contributed by atoms with E-state index in [1.807, 2.05) is 48.6 Å². The number of nitrogens with one attached hydrogen (secondary N) is 2. The maximum Gasteiger partial charge on any atom is 0.326 e. The summed E-state index contributed by atoms with van der Waals surface area (Å²) < 4.78 is 5.89. The molecule has 1 atom stereocenters. The molecule has 0 spiro atoms. The average molecular weight is 432 g/mol. The monoisotopic (exact) mass is 432 g/mol. The van der Waals surface area contributed by atoms with Gasteiger partial charge in [-0.05, 0) is 42.2 Å². The number of fused-ring (bicyclic) bond motifs is 1. The fourth-order valence-corrected chi connectivity index (χ4v) is 3.70. The summed E-state index contributed by atoms with van der Waals surface area (Å²) in [7, 11) is 0. The molecule has 2 aromatic carbocycles. The van der Waals surface area contributed by atoms with Crippen LogP contribution in [0, 0.1) is 0 Å². The number of hydrogen-bond acceptors (Lipinski definition) is 5. The van der Waals surface area contributed by atoms with Crippen LogP contribution in [0.3, 0.4) is 0 Å². The van der Waals surface area contributed by atoms with Crippen molar-refractivity contribution in [3.05, 3.63) is 88.2 Å². The maximum absolute atomic E-state index is 12.9. The zero-order chi connectivity index (χ0) is 22.5. The number of carbonyl (C=O) groups is 1. The summed E-state index contributed by atoms with van der Waals surface area (Å²) in [6, 6.07) is 12.7. The number of H-pyrrole nitrogens is 1. The molecule has 7 nitrogen and oxygen atoms in total. The Bertz CT molecular complexity index is 1240. The number of pyridine rings is 1. The molecule has 1 aliphatic carbocycles. The van der Waals surface area contributed by atoms with Crippen LogP contribution < -0.4 is 15.6 Å². The summed E-state index contributed by atoms with van der Waals surface area (Å²) in [4.78, 5) is 27.7. The highest BCUT2D eigenvalue weighted by molar-refractivity contribution is 5.96. The summed E-state index contributed by atoms with van der Waals surface area (Å²) in [6.07, 6.45) is 8.11. The van der Waals surface area contributed by atoms with Crippen LogP contribution in [0.15, 0.2) is 77.1 Å². The van der Waals surface area contributed by atoms with Crippen LogP contribution >= 0.6 is 0 Å². The van der Waals surface area contributed by atoms with E-state index >= 15 is 0 Å². The Hall–Kier alpha value is -4.00. The zero-order valence-corrected chi connectivity index (χ0v) is 17.4. The second-order valence-electron chi connectivity index (χ2n) is 7.66. The van der Waals surface area contributed by atoms with Crippen molar-refractivity contribution in [2.75, 3.05) is 11.9 Å². The molecular formula is C25H24N2O5. The first kappa shape index (κ1) is 21.2. The van der Waals surface area contributed by atoms with Gasteiger partial charge in [0.25, 0.3) is 5.56 Å². The Morgan fingerprint density at radius 1 is 1.16 bits per heavy atom. The number of aliphatic carboxylic acids is 1. The topological polar surface area (TPSA) is 112 Å². The highest BCUT2D eigenvalue weighted by Crippen LogP contribution is 2.32. The minimum absolute atomic E-state index is 0.00796. The van der Waals surface area contributed by atoms with Gasteiger partial charge in [0.1, 0.15) is 18.4 Å². The van der Waals surface area contributed by atoms with Crippen molar-refractivity contribution in [1.82, 2.24) is 4.98 Å². The number of ether oxygens (including phenoxy) is 1. The number of aromatic amines is 1. The quantitative estimate of drug-likeness (QED) is 0.428. The van der Waals surface area contributed by atoms with E-state index in [9.17, 15) is 19.8 Å². The van der Waals surface area contributed by atoms with E-state index in [1.54, 1.807) is 6.07 Å². The molecule has 7 heteroatoms. The first-order valence-electron chi connectivity index (χ1n) is 10.4. The number of phenols is 1. The predicted molar refractivity (Wildman–Crippen MR) is 123 cm³/mol. The molecule has 0 amide bonds. The van der Waals surface area contributed by atoms with Crippen LogP contribution in [0.5, 0.6) is 11.5 Å². The maximum atomic E-state index is 12.9. The Balaban J connectivity index is 1.74. The van der Waals surface area contributed by atoms with Crippen molar-refractivity contribution in [1.29, 1.82) is 0 Å². The Morgan fingerprint density at radius 3 is 2.69 bits per heavy atom. The van der Waals surface area contributed by atoms with Crippen molar-refractivity contribution >= 4 is 22.6 Å². The smallest absolute Gasteiger partial charge is 0.326 e. The van der Waals surface area contributed by atoms with Gasteiger partial charge in [0.15, 0.2) is 0 Å². The third-order valence-corrected chi connectivity index (χ3v) is 5.31. The summed E-state index contributed by atoms with van der Waals surface area (Å²) in [5.41, 5.74) is 2.00. The first-order valence-corrected chi connectivity index (χ1v) is 10.4. The van der Waals surface area contributed by atoms with Gasteiger partial charge in [-0.15, -0.1) is 0 Å². The van der Waals surface area contributed by atoms with Gasteiger partial charge in [0.05, 0.1) is 11.2 Å². The Morgan fingerprint density at radius 2 is 1.97 bits per heavy atom. The number of carboxylic acids is 1. The van der Waals surface area contributed by atoms with Crippen molar-refractivity contribution < 1.29 is 19.7 Å². The number of hydrogen-bond donors (Lipinski definition) is 4. The Labute approximate surface area is 184 Å². The van der Waals surface area contributed by atoms with Crippen molar-refractivity contribution in [2.24, 2.45) is 0 Å². The molecule has 4 rings (SSSR count). The van der Waals surface area contributed by atoms with E-state index in [0.717, 1.165) is 24.0 Å². The van der Waals surface area contributed by atoms with E-state index in [2.05, 4.69) is 10.3 Å². The first-order chi connectivity index (χ1) is 15.5. The van der Waals surface area contributed by atoms with E-state index in [0.29, 0.717) is 10.9 Å². The second kappa shape index (κ2) is 9.43. The zero-order valence-electron chi connectivity index (χ0n) is 17.4. The fourth-order valence-electron chi connectivity index (χ4n) is 3.70. The van der Waals surface area contributed by atoms with Crippen LogP contribution in [-0.2, 0) is 11.2 Å². The summed E-state index contributed by atoms with van der Waals surface area (Å²) in [5.74, 6) is -1.08. The normalized spacial score (nSPS) is 14.1. The lowest BCUT2D eigenvalue weighted by Crippen LogP contribution is -2.32. The van der Waals surface area contributed by atoms with Gasteiger partial charge >= 0.3 is 5.97 Å². The van der Waals surface area contributed by atoms with Crippen LogP contribution in [0.25, 0.3) is 10.9 Å². The molecule has 4 N–H and O–H groups in total. The predicted octanol–water partition coefficient (Wildman–Crippen LogP) is 4.00. The molecule has 1 aromatic heterocycles. The van der Waals surface area contributed by atoms with E-state index in [-0.39, 0.29) is 30.2 Å². The molecule has 0 saturated heterocycles. The molecule has 0 aliphatic heterocycles. The molecule has 0 bridgehead atoms. The highest BCUT2D eigenvalue weighted by atomic mass is 16.5. The van der Waals surface area contributed by atoms with Gasteiger partial charge in [-0.25, -0.2) is 4.79 Å². The van der Waals surface area contributed by atoms with Gasteiger partial charge in [0.2, 0.25) is 5.75 Å². The number of rotatable bonds is 8. The standard InChI is InChI=1S/C25H24N2O5/c28-18-11-12-20-19(14-18)22(26-21(25(30)31)13-16-7-3-1-4-8-16)23(24(29)27-20)32-15-17-9-5-2-6-10-17/h1,3-5,7-12,14,21,28H,2,6,13,15H2,(H,30,31)(H2,26,27,29). The van der Waals surface area contributed by atoms with Gasteiger partial charge in [0, 0.05) is 11.8 Å². The Kier molecular flexibility index (Phi) is 6.26. The van der Waals surface area contributed by atoms with Gasteiger partial charge in [-0.1, -0.05) is 48.6 Å². The summed E-state index contributed by atoms with van der Waals surface area (Å²) >= 11 is 0. The lowest BCUT2D eigenvalue weighted by atomic mass is 10.0. The van der Waals surface area contributed by atoms with Crippen LogP contribution in [0.2, 0.25) is 0 Å². The summed E-state index contributed by atoms with van der Waals surface area (Å²) in [6.45, 7) is 0.176. The molecule has 0 radical (unpaired) electrons. The van der Waals surface area contributed by atoms with Gasteiger partial charge < -0.3 is 25.3 Å². The minimum atomic E-state index is -1.06. The minimum Gasteiger partial charge on any atom is -0.508 e.